The van der Waals surface area contributed by atoms with Gasteiger partial charge in [0.25, 0.3) is 0 Å². The van der Waals surface area contributed by atoms with Crippen LogP contribution in [0.5, 0.6) is 0 Å². The second-order valence-corrected chi connectivity index (χ2v) is 12.4. The Balaban J connectivity index is 1.86. The number of benzene rings is 1. The number of nitrogens with one attached hydrogen (secondary N) is 1. The van der Waals surface area contributed by atoms with Crippen LogP contribution in [0.15, 0.2) is 24.3 Å². The first-order chi connectivity index (χ1) is 22.3. The van der Waals surface area contributed by atoms with E-state index in [1.807, 2.05) is 26.0 Å². The van der Waals surface area contributed by atoms with Crippen molar-refractivity contribution >= 4 is 41.5 Å². The molecule has 1 N–H and O–H groups in total. The van der Waals surface area contributed by atoms with Gasteiger partial charge in [-0.15, -0.1) is 0 Å². The number of amides is 3. The summed E-state index contributed by atoms with van der Waals surface area (Å²) in [4.78, 5) is 82.0. The van der Waals surface area contributed by atoms with Crippen molar-refractivity contribution in [1.29, 1.82) is 0 Å². The Morgan fingerprint density at radius 1 is 1.00 bits per heavy atom. The minimum atomic E-state index is -1.29. The molecule has 3 amide bonds. The van der Waals surface area contributed by atoms with Gasteiger partial charge in [0.15, 0.2) is 0 Å². The van der Waals surface area contributed by atoms with Crippen LogP contribution < -0.4 is 10.2 Å². The Hall–Kier alpha value is -4.16. The molecule has 1 heterocycles. The highest BCUT2D eigenvalue weighted by Crippen LogP contribution is 2.45. The lowest BCUT2D eigenvalue weighted by atomic mass is 9.75. The maximum Gasteiger partial charge on any atom is 0.511 e. The number of ether oxygens (including phenoxy) is 4. The fraction of sp³-hybridized carbons (Fsp3) is 0.647. The van der Waals surface area contributed by atoms with E-state index in [1.165, 1.54) is 16.7 Å². The Morgan fingerprint density at radius 2 is 1.66 bits per heavy atom. The Morgan fingerprint density at radius 3 is 2.30 bits per heavy atom. The quantitative estimate of drug-likeness (QED) is 0.176. The van der Waals surface area contributed by atoms with Crippen LogP contribution in [0.25, 0.3) is 0 Å². The molecule has 2 aliphatic rings. The zero-order valence-electron chi connectivity index (χ0n) is 28.4. The third kappa shape index (κ3) is 9.92. The summed E-state index contributed by atoms with van der Waals surface area (Å²) in [5.41, 5.74) is 0.400. The van der Waals surface area contributed by atoms with E-state index in [0.29, 0.717) is 31.4 Å². The summed E-state index contributed by atoms with van der Waals surface area (Å²) in [6.45, 7) is 8.29. The molecule has 1 fully saturated rings. The third-order valence-electron chi connectivity index (χ3n) is 8.86. The summed E-state index contributed by atoms with van der Waals surface area (Å²) in [7, 11) is 1.64. The van der Waals surface area contributed by atoms with E-state index in [2.05, 4.69) is 5.32 Å². The summed E-state index contributed by atoms with van der Waals surface area (Å²) in [6.07, 6.45) is 0.607. The lowest BCUT2D eigenvalue weighted by molar-refractivity contribution is -0.175. The Kier molecular flexibility index (Phi) is 13.6. The summed E-state index contributed by atoms with van der Waals surface area (Å²) in [5, 5.41) is 2.97. The molecule has 2 unspecified atom stereocenters. The number of fused-ring (bicyclic) bond motifs is 1. The SMILES string of the molecule is CCOC(=O)CN1C(=O)[C@@H](NC(=O)C2(CC(CC(=O)N(C)C(C)C)C(=O)OC(C)OC(=O)OCC)CCCC2)CCc2ccccc21. The van der Waals surface area contributed by atoms with Crippen LogP contribution in [0.4, 0.5) is 10.5 Å². The van der Waals surface area contributed by atoms with Gasteiger partial charge in [-0.25, -0.2) is 4.79 Å². The minimum absolute atomic E-state index is 0.00482. The van der Waals surface area contributed by atoms with E-state index < -0.39 is 53.6 Å². The Labute approximate surface area is 276 Å². The van der Waals surface area contributed by atoms with Crippen LogP contribution in [0.2, 0.25) is 0 Å². The maximum absolute atomic E-state index is 14.2. The second kappa shape index (κ2) is 17.1. The summed E-state index contributed by atoms with van der Waals surface area (Å²) in [5.74, 6) is -3.51. The smallest absolute Gasteiger partial charge is 0.465 e. The van der Waals surface area contributed by atoms with Crippen LogP contribution in [0.3, 0.4) is 0 Å². The van der Waals surface area contributed by atoms with Crippen molar-refractivity contribution in [2.24, 2.45) is 11.3 Å². The molecule has 260 valence electrons. The number of hydrogen-bond donors (Lipinski definition) is 1. The van der Waals surface area contributed by atoms with E-state index in [-0.39, 0.29) is 44.5 Å². The lowest BCUT2D eigenvalue weighted by Crippen LogP contribution is -2.53. The van der Waals surface area contributed by atoms with Gasteiger partial charge in [0.2, 0.25) is 24.0 Å². The highest BCUT2D eigenvalue weighted by Gasteiger charge is 2.47. The second-order valence-electron chi connectivity index (χ2n) is 12.4. The normalized spacial score (nSPS) is 18.3. The topological polar surface area (TPSA) is 158 Å². The van der Waals surface area contributed by atoms with Crippen molar-refractivity contribution in [3.8, 4) is 0 Å². The molecule has 3 atom stereocenters. The highest BCUT2D eigenvalue weighted by molar-refractivity contribution is 6.03. The van der Waals surface area contributed by atoms with Gasteiger partial charge >= 0.3 is 18.1 Å². The molecule has 1 aliphatic heterocycles. The molecule has 1 aromatic carbocycles. The summed E-state index contributed by atoms with van der Waals surface area (Å²) < 4.78 is 20.3. The first-order valence-electron chi connectivity index (χ1n) is 16.5. The predicted octanol–water partition coefficient (Wildman–Crippen LogP) is 3.90. The van der Waals surface area contributed by atoms with Crippen molar-refractivity contribution in [3.05, 3.63) is 29.8 Å². The first-order valence-corrected chi connectivity index (χ1v) is 16.5. The lowest BCUT2D eigenvalue weighted by Gasteiger charge is -2.34. The van der Waals surface area contributed by atoms with Gasteiger partial charge in [-0.2, -0.15) is 0 Å². The average molecular weight is 660 g/mol. The molecule has 13 heteroatoms. The van der Waals surface area contributed by atoms with Gasteiger partial charge in [-0.3, -0.25) is 28.9 Å². The van der Waals surface area contributed by atoms with Crippen molar-refractivity contribution in [2.45, 2.75) is 104 Å². The standard InChI is InChI=1S/C34H49N3O10/c1-7-44-29(39)21-37-27-14-10-9-13-24(27)15-16-26(30(37)40)35-32(42)34(17-11-12-18-34)20-25(19-28(38)36(6)22(3)4)31(41)46-23(5)47-33(43)45-8-2/h9-10,13-14,22-23,25-26H,7-8,11-12,15-21H2,1-6H3,(H,35,42)/t23?,25?,26-/m0/s1. The van der Waals surface area contributed by atoms with E-state index >= 15 is 0 Å². The van der Waals surface area contributed by atoms with Crippen molar-refractivity contribution in [1.82, 2.24) is 10.2 Å². The number of carbonyl (C=O) groups excluding carboxylic acids is 6. The molecule has 3 rings (SSSR count). The molecule has 0 radical (unpaired) electrons. The van der Waals surface area contributed by atoms with Gasteiger partial charge in [0.05, 0.1) is 24.5 Å². The molecular weight excluding hydrogens is 610 g/mol. The highest BCUT2D eigenvalue weighted by atomic mass is 16.8. The number of aryl methyl sites for hydroxylation is 1. The van der Waals surface area contributed by atoms with Gasteiger partial charge in [0, 0.05) is 32.1 Å². The van der Waals surface area contributed by atoms with E-state index in [1.54, 1.807) is 33.0 Å². The fourth-order valence-electron chi connectivity index (χ4n) is 6.16. The van der Waals surface area contributed by atoms with Gasteiger partial charge < -0.3 is 29.2 Å². The third-order valence-corrected chi connectivity index (χ3v) is 8.86. The molecule has 13 nitrogen and oxygen atoms in total. The summed E-state index contributed by atoms with van der Waals surface area (Å²) in [6, 6.07) is 6.23. The molecule has 0 bridgehead atoms. The van der Waals surface area contributed by atoms with Gasteiger partial charge in [0.1, 0.15) is 12.6 Å². The number of anilines is 1. The molecular formula is C34H49N3O10. The Bertz CT molecular complexity index is 1290. The van der Waals surface area contributed by atoms with Crippen molar-refractivity contribution in [2.75, 3.05) is 31.7 Å². The average Bonchev–Trinajstić information content (AvgIpc) is 3.46. The van der Waals surface area contributed by atoms with Crippen LogP contribution in [0.1, 0.15) is 85.1 Å². The molecule has 1 aromatic rings. The molecule has 1 saturated carbocycles. The summed E-state index contributed by atoms with van der Waals surface area (Å²) >= 11 is 0. The fourth-order valence-corrected chi connectivity index (χ4v) is 6.16. The van der Waals surface area contributed by atoms with Crippen LogP contribution in [-0.2, 0) is 49.3 Å². The van der Waals surface area contributed by atoms with Crippen LogP contribution in [-0.4, -0.2) is 85.9 Å². The number of carbonyl (C=O) groups is 6. The number of esters is 2. The number of rotatable bonds is 14. The van der Waals surface area contributed by atoms with E-state index in [4.69, 9.17) is 18.9 Å². The number of hydrogen-bond acceptors (Lipinski definition) is 10. The largest absolute Gasteiger partial charge is 0.511 e. The first kappa shape index (κ1) is 37.3. The molecule has 0 saturated heterocycles. The predicted molar refractivity (Wildman–Crippen MR) is 171 cm³/mol. The van der Waals surface area contributed by atoms with E-state index in [9.17, 15) is 28.8 Å². The monoisotopic (exact) mass is 659 g/mol. The van der Waals surface area contributed by atoms with Crippen LogP contribution in [0, 0.1) is 11.3 Å². The zero-order valence-corrected chi connectivity index (χ0v) is 28.4. The van der Waals surface area contributed by atoms with Gasteiger partial charge in [-0.05, 0) is 71.4 Å². The zero-order chi connectivity index (χ0) is 34.7. The molecule has 1 aliphatic carbocycles. The van der Waals surface area contributed by atoms with Crippen LogP contribution >= 0.6 is 0 Å². The molecule has 0 spiro atoms. The van der Waals surface area contributed by atoms with Crippen molar-refractivity contribution < 1.29 is 47.7 Å². The number of nitrogens with zero attached hydrogens (tertiary/aromatic N) is 2. The van der Waals surface area contributed by atoms with Gasteiger partial charge in [-0.1, -0.05) is 31.0 Å². The number of para-hydroxylation sites is 1. The van der Waals surface area contributed by atoms with E-state index in [0.717, 1.165) is 18.4 Å². The molecule has 0 aromatic heterocycles. The molecule has 47 heavy (non-hydrogen) atoms. The van der Waals surface area contributed by atoms with Crippen molar-refractivity contribution in [3.63, 3.8) is 0 Å². The minimum Gasteiger partial charge on any atom is -0.465 e. The maximum atomic E-state index is 14.2.